The lowest BCUT2D eigenvalue weighted by molar-refractivity contribution is 0.0851. The van der Waals surface area contributed by atoms with Crippen LogP contribution in [-0.2, 0) is 10.0 Å². The second-order valence-electron chi connectivity index (χ2n) is 5.73. The zero-order valence-corrected chi connectivity index (χ0v) is 12.7. The third-order valence-corrected chi connectivity index (χ3v) is 6.27. The summed E-state index contributed by atoms with van der Waals surface area (Å²) in [5.41, 5.74) is 5.37. The lowest BCUT2D eigenvalue weighted by Gasteiger charge is -2.43. The van der Waals surface area contributed by atoms with Gasteiger partial charge >= 0.3 is 0 Å². The van der Waals surface area contributed by atoms with Gasteiger partial charge in [-0.05, 0) is 37.6 Å². The third-order valence-electron chi connectivity index (χ3n) is 4.41. The summed E-state index contributed by atoms with van der Waals surface area (Å²) in [6.07, 6.45) is 3.36. The van der Waals surface area contributed by atoms with E-state index in [1.807, 2.05) is 0 Å². The van der Waals surface area contributed by atoms with Crippen molar-refractivity contribution in [3.05, 3.63) is 24.0 Å². The summed E-state index contributed by atoms with van der Waals surface area (Å²) in [5, 5.41) is 0. The maximum Gasteiger partial charge on any atom is 0.243 e. The summed E-state index contributed by atoms with van der Waals surface area (Å²) in [4.78, 5) is 2.34. The van der Waals surface area contributed by atoms with Crippen LogP contribution in [0.3, 0.4) is 0 Å². The zero-order valence-electron chi connectivity index (χ0n) is 11.8. The number of halogens is 1. The third kappa shape index (κ3) is 2.77. The number of benzene rings is 1. The lowest BCUT2D eigenvalue weighted by Crippen LogP contribution is -2.56. The van der Waals surface area contributed by atoms with Crippen LogP contribution < -0.4 is 5.73 Å². The number of hydrogen-bond acceptors (Lipinski definition) is 4. The highest BCUT2D eigenvalue weighted by Gasteiger charge is 2.35. The molecule has 2 N–H and O–H groups in total. The standard InChI is InChI=1S/C14H20FN3O2S/c15-13-9-12(4-5-14(13)16)21(19,20)18-8-7-17-6-2-1-3-11(17)10-18/h4-5,9,11H,1-3,6-8,10,16H2. The van der Waals surface area contributed by atoms with Gasteiger partial charge < -0.3 is 5.73 Å². The summed E-state index contributed by atoms with van der Waals surface area (Å²) < 4.78 is 40.3. The summed E-state index contributed by atoms with van der Waals surface area (Å²) in [6.45, 7) is 2.76. The fraction of sp³-hybridized carbons (Fsp3) is 0.571. The molecule has 1 atom stereocenters. The second-order valence-corrected chi connectivity index (χ2v) is 7.67. The van der Waals surface area contributed by atoms with Crippen molar-refractivity contribution < 1.29 is 12.8 Å². The van der Waals surface area contributed by atoms with Crippen LogP contribution in [0.4, 0.5) is 10.1 Å². The highest BCUT2D eigenvalue weighted by Crippen LogP contribution is 2.26. The van der Waals surface area contributed by atoms with Gasteiger partial charge in [-0.2, -0.15) is 4.31 Å². The van der Waals surface area contributed by atoms with E-state index < -0.39 is 15.8 Å². The summed E-state index contributed by atoms with van der Waals surface area (Å²) in [5.74, 6) is -0.688. The maximum absolute atomic E-state index is 13.5. The Labute approximate surface area is 124 Å². The van der Waals surface area contributed by atoms with Crippen molar-refractivity contribution in [1.29, 1.82) is 0 Å². The highest BCUT2D eigenvalue weighted by molar-refractivity contribution is 7.89. The van der Waals surface area contributed by atoms with Crippen LogP contribution in [0.5, 0.6) is 0 Å². The number of fused-ring (bicyclic) bond motifs is 1. The van der Waals surface area contributed by atoms with E-state index in [9.17, 15) is 12.8 Å². The molecule has 1 aromatic carbocycles. The van der Waals surface area contributed by atoms with Gasteiger partial charge in [-0.1, -0.05) is 6.42 Å². The van der Waals surface area contributed by atoms with Gasteiger partial charge in [0.05, 0.1) is 10.6 Å². The van der Waals surface area contributed by atoms with E-state index in [0.717, 1.165) is 32.0 Å². The van der Waals surface area contributed by atoms with Crippen molar-refractivity contribution in [2.75, 3.05) is 31.9 Å². The molecule has 21 heavy (non-hydrogen) atoms. The van der Waals surface area contributed by atoms with Crippen LogP contribution in [0.1, 0.15) is 19.3 Å². The van der Waals surface area contributed by atoms with Gasteiger partial charge in [0, 0.05) is 25.7 Å². The predicted molar refractivity (Wildman–Crippen MR) is 78.8 cm³/mol. The van der Waals surface area contributed by atoms with E-state index in [1.54, 1.807) is 0 Å². The van der Waals surface area contributed by atoms with Crippen LogP contribution in [0.25, 0.3) is 0 Å². The average molecular weight is 313 g/mol. The van der Waals surface area contributed by atoms with Gasteiger partial charge in [-0.3, -0.25) is 4.90 Å². The molecule has 2 aliphatic rings. The molecule has 0 spiro atoms. The topological polar surface area (TPSA) is 66.6 Å². The summed E-state index contributed by atoms with van der Waals surface area (Å²) >= 11 is 0. The molecular formula is C14H20FN3O2S. The van der Waals surface area contributed by atoms with Crippen molar-refractivity contribution in [2.24, 2.45) is 0 Å². The molecule has 7 heteroatoms. The van der Waals surface area contributed by atoms with Crippen molar-refractivity contribution in [3.63, 3.8) is 0 Å². The monoisotopic (exact) mass is 313 g/mol. The van der Waals surface area contributed by atoms with Gasteiger partial charge in [0.1, 0.15) is 5.82 Å². The van der Waals surface area contributed by atoms with E-state index in [1.165, 1.54) is 22.9 Å². The van der Waals surface area contributed by atoms with Gasteiger partial charge in [-0.25, -0.2) is 12.8 Å². The first-order chi connectivity index (χ1) is 9.98. The molecule has 0 aromatic heterocycles. The minimum atomic E-state index is -3.64. The van der Waals surface area contributed by atoms with Crippen LogP contribution in [0, 0.1) is 5.82 Å². The van der Waals surface area contributed by atoms with Crippen molar-refractivity contribution in [1.82, 2.24) is 9.21 Å². The molecule has 2 fully saturated rings. The van der Waals surface area contributed by atoms with E-state index in [-0.39, 0.29) is 10.6 Å². The molecule has 0 saturated carbocycles. The number of nitrogen functional groups attached to an aromatic ring is 1. The summed E-state index contributed by atoms with van der Waals surface area (Å²) in [7, 11) is -3.64. The summed E-state index contributed by atoms with van der Waals surface area (Å²) in [6, 6.07) is 3.98. The number of piperazine rings is 1. The molecule has 3 rings (SSSR count). The number of rotatable bonds is 2. The smallest absolute Gasteiger partial charge is 0.243 e. The normalized spacial score (nSPS) is 24.7. The van der Waals surface area contributed by atoms with Crippen molar-refractivity contribution in [2.45, 2.75) is 30.2 Å². The van der Waals surface area contributed by atoms with Crippen LogP contribution in [-0.4, -0.2) is 49.8 Å². The molecule has 0 aliphatic carbocycles. The average Bonchev–Trinajstić information content (AvgIpc) is 2.49. The van der Waals surface area contributed by atoms with Gasteiger partial charge in [-0.15, -0.1) is 0 Å². The number of piperidine rings is 1. The fourth-order valence-electron chi connectivity index (χ4n) is 3.16. The Balaban J connectivity index is 1.83. The number of nitrogens with zero attached hydrogens (tertiary/aromatic N) is 2. The molecule has 116 valence electrons. The van der Waals surface area contributed by atoms with E-state index in [0.29, 0.717) is 19.1 Å². The van der Waals surface area contributed by atoms with E-state index >= 15 is 0 Å². The Hall–Kier alpha value is -1.18. The number of hydrogen-bond donors (Lipinski definition) is 1. The molecule has 0 bridgehead atoms. The SMILES string of the molecule is Nc1ccc(S(=O)(=O)N2CCN3CCCCC3C2)cc1F. The molecule has 2 saturated heterocycles. The Kier molecular flexibility index (Phi) is 3.90. The van der Waals surface area contributed by atoms with Crippen molar-refractivity contribution >= 4 is 15.7 Å². The first kappa shape index (κ1) is 14.7. The van der Waals surface area contributed by atoms with Gasteiger partial charge in [0.2, 0.25) is 10.0 Å². The Morgan fingerprint density at radius 2 is 2.00 bits per heavy atom. The highest BCUT2D eigenvalue weighted by atomic mass is 32.2. The van der Waals surface area contributed by atoms with Crippen LogP contribution in [0.2, 0.25) is 0 Å². The van der Waals surface area contributed by atoms with Crippen LogP contribution >= 0.6 is 0 Å². The minimum Gasteiger partial charge on any atom is -0.396 e. The largest absolute Gasteiger partial charge is 0.396 e. The van der Waals surface area contributed by atoms with E-state index in [2.05, 4.69) is 4.90 Å². The quantitative estimate of drug-likeness (QED) is 0.835. The maximum atomic E-state index is 13.5. The molecule has 2 aliphatic heterocycles. The number of nitrogens with two attached hydrogens (primary N) is 1. The first-order valence-corrected chi connectivity index (χ1v) is 8.72. The molecule has 1 aromatic rings. The zero-order chi connectivity index (χ0) is 15.0. The molecule has 2 heterocycles. The molecule has 0 radical (unpaired) electrons. The number of sulfonamides is 1. The van der Waals surface area contributed by atoms with Crippen LogP contribution in [0.15, 0.2) is 23.1 Å². The van der Waals surface area contributed by atoms with Gasteiger partial charge in [0.15, 0.2) is 0 Å². The molecule has 1 unspecified atom stereocenters. The lowest BCUT2D eigenvalue weighted by atomic mass is 10.0. The van der Waals surface area contributed by atoms with E-state index in [4.69, 9.17) is 5.73 Å². The molecule has 5 nitrogen and oxygen atoms in total. The predicted octanol–water partition coefficient (Wildman–Crippen LogP) is 1.27. The fourth-order valence-corrected chi connectivity index (χ4v) is 4.64. The number of anilines is 1. The molecular weight excluding hydrogens is 293 g/mol. The minimum absolute atomic E-state index is 0.0153. The first-order valence-electron chi connectivity index (χ1n) is 7.28. The Morgan fingerprint density at radius 3 is 2.76 bits per heavy atom. The Bertz CT molecular complexity index is 635. The van der Waals surface area contributed by atoms with Gasteiger partial charge in [0.25, 0.3) is 0 Å². The van der Waals surface area contributed by atoms with Crippen molar-refractivity contribution in [3.8, 4) is 0 Å². The Morgan fingerprint density at radius 1 is 1.19 bits per heavy atom. The molecule has 0 amide bonds. The second kappa shape index (κ2) is 5.55.